The number of ether oxygens (including phenoxy) is 2. The van der Waals surface area contributed by atoms with Crippen molar-refractivity contribution >= 4 is 11.7 Å². The van der Waals surface area contributed by atoms with Gasteiger partial charge in [0.2, 0.25) is 0 Å². The summed E-state index contributed by atoms with van der Waals surface area (Å²) in [6.07, 6.45) is 2.77. The third-order valence-electron chi connectivity index (χ3n) is 3.98. The molecule has 5 nitrogen and oxygen atoms in total. The van der Waals surface area contributed by atoms with Crippen LogP contribution in [0.4, 0.5) is 5.69 Å². The number of carboxylic acid groups (broad SMARTS) is 1. The maximum absolute atomic E-state index is 11.7. The summed E-state index contributed by atoms with van der Waals surface area (Å²) in [5, 5.41) is 12.8. The molecule has 1 aliphatic rings. The van der Waals surface area contributed by atoms with Gasteiger partial charge in [-0.2, -0.15) is 0 Å². The number of rotatable bonds is 5. The first kappa shape index (κ1) is 14.7. The van der Waals surface area contributed by atoms with Crippen molar-refractivity contribution < 1.29 is 19.4 Å². The lowest BCUT2D eigenvalue weighted by Gasteiger charge is -2.37. The molecule has 5 heteroatoms. The van der Waals surface area contributed by atoms with Crippen molar-refractivity contribution in [2.24, 2.45) is 0 Å². The zero-order valence-corrected chi connectivity index (χ0v) is 11.9. The standard InChI is InChI=1S/C15H21NO4/c1-19-12-6-8-15(9-7-12,14(17)18)16-11-4-3-5-13(10-11)20-2/h3-5,10,12,16H,6-9H2,1-2H3,(H,17,18). The molecule has 110 valence electrons. The van der Waals surface area contributed by atoms with E-state index in [4.69, 9.17) is 9.47 Å². The van der Waals surface area contributed by atoms with Crippen LogP contribution in [0.5, 0.6) is 5.75 Å². The van der Waals surface area contributed by atoms with Crippen molar-refractivity contribution in [3.63, 3.8) is 0 Å². The Morgan fingerprint density at radius 1 is 1.35 bits per heavy atom. The van der Waals surface area contributed by atoms with Crippen LogP contribution >= 0.6 is 0 Å². The molecule has 1 aromatic carbocycles. The Bertz CT molecular complexity index is 467. The maximum atomic E-state index is 11.7. The van der Waals surface area contributed by atoms with Crippen LogP contribution in [0.15, 0.2) is 24.3 Å². The Balaban J connectivity index is 2.15. The zero-order valence-electron chi connectivity index (χ0n) is 11.9. The Labute approximate surface area is 118 Å². The average molecular weight is 279 g/mol. The lowest BCUT2D eigenvalue weighted by Crippen LogP contribution is -2.50. The molecule has 2 rings (SSSR count). The maximum Gasteiger partial charge on any atom is 0.329 e. The van der Waals surface area contributed by atoms with E-state index >= 15 is 0 Å². The number of benzene rings is 1. The van der Waals surface area contributed by atoms with Crippen molar-refractivity contribution in [2.45, 2.75) is 37.3 Å². The summed E-state index contributed by atoms with van der Waals surface area (Å²) in [5.74, 6) is -0.101. The first-order valence-corrected chi connectivity index (χ1v) is 6.78. The van der Waals surface area contributed by atoms with Crippen LogP contribution in [0, 0.1) is 0 Å². The molecule has 0 radical (unpaired) electrons. The molecule has 20 heavy (non-hydrogen) atoms. The molecule has 0 spiro atoms. The molecular weight excluding hydrogens is 258 g/mol. The fourth-order valence-electron chi connectivity index (χ4n) is 2.69. The van der Waals surface area contributed by atoms with Gasteiger partial charge >= 0.3 is 5.97 Å². The summed E-state index contributed by atoms with van der Waals surface area (Å²) in [7, 11) is 3.27. The summed E-state index contributed by atoms with van der Waals surface area (Å²) >= 11 is 0. The highest BCUT2D eigenvalue weighted by Gasteiger charge is 2.42. The van der Waals surface area contributed by atoms with Crippen LogP contribution in [0.3, 0.4) is 0 Å². The molecule has 0 aliphatic heterocycles. The fourth-order valence-corrected chi connectivity index (χ4v) is 2.69. The van der Waals surface area contributed by atoms with E-state index in [9.17, 15) is 9.90 Å². The number of anilines is 1. The van der Waals surface area contributed by atoms with Gasteiger partial charge in [-0.1, -0.05) is 6.07 Å². The molecule has 0 bridgehead atoms. The molecule has 0 amide bonds. The number of nitrogens with one attached hydrogen (secondary N) is 1. The lowest BCUT2D eigenvalue weighted by atomic mass is 9.80. The predicted molar refractivity (Wildman–Crippen MR) is 76.2 cm³/mol. The summed E-state index contributed by atoms with van der Waals surface area (Å²) in [6.45, 7) is 0. The Morgan fingerprint density at radius 3 is 2.60 bits per heavy atom. The van der Waals surface area contributed by atoms with Crippen molar-refractivity contribution in [3.05, 3.63) is 24.3 Å². The molecule has 0 aromatic heterocycles. The van der Waals surface area contributed by atoms with E-state index in [1.807, 2.05) is 24.3 Å². The summed E-state index contributed by atoms with van der Waals surface area (Å²) in [4.78, 5) is 11.7. The summed E-state index contributed by atoms with van der Waals surface area (Å²) in [5.41, 5.74) is -0.149. The largest absolute Gasteiger partial charge is 0.497 e. The third-order valence-corrected chi connectivity index (χ3v) is 3.98. The first-order valence-electron chi connectivity index (χ1n) is 6.78. The van der Waals surface area contributed by atoms with Crippen molar-refractivity contribution in [3.8, 4) is 5.75 Å². The van der Waals surface area contributed by atoms with Gasteiger partial charge in [0.1, 0.15) is 11.3 Å². The number of carbonyl (C=O) groups is 1. The normalized spacial score (nSPS) is 26.0. The van der Waals surface area contributed by atoms with Crippen molar-refractivity contribution in [1.82, 2.24) is 0 Å². The molecule has 0 unspecified atom stereocenters. The highest BCUT2D eigenvalue weighted by molar-refractivity contribution is 5.83. The minimum Gasteiger partial charge on any atom is -0.497 e. The molecule has 0 atom stereocenters. The van der Waals surface area contributed by atoms with Gasteiger partial charge in [-0.15, -0.1) is 0 Å². The number of aliphatic carboxylic acids is 1. The van der Waals surface area contributed by atoms with E-state index in [1.165, 1.54) is 0 Å². The number of carboxylic acids is 1. The lowest BCUT2D eigenvalue weighted by molar-refractivity contribution is -0.144. The van der Waals surface area contributed by atoms with Gasteiger partial charge in [-0.25, -0.2) is 4.79 Å². The summed E-state index contributed by atoms with van der Waals surface area (Å²) in [6, 6.07) is 7.35. The Kier molecular flexibility index (Phi) is 4.49. The van der Waals surface area contributed by atoms with Gasteiger partial charge in [-0.3, -0.25) is 0 Å². The van der Waals surface area contributed by atoms with Gasteiger partial charge in [0.25, 0.3) is 0 Å². The highest BCUT2D eigenvalue weighted by atomic mass is 16.5. The van der Waals surface area contributed by atoms with Crippen LogP contribution in [-0.4, -0.2) is 36.9 Å². The van der Waals surface area contributed by atoms with Crippen LogP contribution in [-0.2, 0) is 9.53 Å². The molecule has 1 saturated carbocycles. The second kappa shape index (κ2) is 6.13. The topological polar surface area (TPSA) is 67.8 Å². The predicted octanol–water partition coefficient (Wildman–Crippen LogP) is 2.52. The number of methoxy groups -OCH3 is 2. The molecule has 1 aromatic rings. The second-order valence-corrected chi connectivity index (χ2v) is 5.18. The molecule has 2 N–H and O–H groups in total. The Morgan fingerprint density at radius 2 is 2.05 bits per heavy atom. The molecule has 1 aliphatic carbocycles. The smallest absolute Gasteiger partial charge is 0.329 e. The van der Waals surface area contributed by atoms with Gasteiger partial charge in [0.05, 0.1) is 13.2 Å². The van der Waals surface area contributed by atoms with Gasteiger partial charge in [-0.05, 0) is 37.8 Å². The SMILES string of the molecule is COc1cccc(NC2(C(=O)O)CCC(OC)CC2)c1. The minimum atomic E-state index is -0.915. The number of hydrogen-bond acceptors (Lipinski definition) is 4. The van der Waals surface area contributed by atoms with Gasteiger partial charge < -0.3 is 19.9 Å². The monoisotopic (exact) mass is 279 g/mol. The molecule has 0 saturated heterocycles. The van der Waals surface area contributed by atoms with E-state index in [-0.39, 0.29) is 6.10 Å². The quantitative estimate of drug-likeness (QED) is 0.867. The van der Waals surface area contributed by atoms with Crippen LogP contribution in [0.2, 0.25) is 0 Å². The van der Waals surface area contributed by atoms with E-state index in [2.05, 4.69) is 5.32 Å². The van der Waals surface area contributed by atoms with E-state index in [0.29, 0.717) is 18.6 Å². The van der Waals surface area contributed by atoms with Gasteiger partial charge in [0, 0.05) is 18.9 Å². The minimum absolute atomic E-state index is 0.162. The van der Waals surface area contributed by atoms with E-state index < -0.39 is 11.5 Å². The third kappa shape index (κ3) is 3.04. The van der Waals surface area contributed by atoms with E-state index in [0.717, 1.165) is 18.5 Å². The highest BCUT2D eigenvalue weighted by Crippen LogP contribution is 2.34. The van der Waals surface area contributed by atoms with Crippen LogP contribution < -0.4 is 10.1 Å². The van der Waals surface area contributed by atoms with E-state index in [1.54, 1.807) is 14.2 Å². The molecular formula is C15H21NO4. The second-order valence-electron chi connectivity index (χ2n) is 5.18. The van der Waals surface area contributed by atoms with Gasteiger partial charge in [0.15, 0.2) is 0 Å². The number of hydrogen-bond donors (Lipinski definition) is 2. The average Bonchev–Trinajstić information content (AvgIpc) is 2.48. The van der Waals surface area contributed by atoms with Crippen LogP contribution in [0.1, 0.15) is 25.7 Å². The van der Waals surface area contributed by atoms with Crippen LogP contribution in [0.25, 0.3) is 0 Å². The summed E-state index contributed by atoms with van der Waals surface area (Å²) < 4.78 is 10.5. The zero-order chi connectivity index (χ0) is 14.6. The molecule has 0 heterocycles. The first-order chi connectivity index (χ1) is 9.59. The van der Waals surface area contributed by atoms with Crippen molar-refractivity contribution in [1.29, 1.82) is 0 Å². The Hall–Kier alpha value is -1.75. The fraction of sp³-hybridized carbons (Fsp3) is 0.533. The molecule has 1 fully saturated rings. The van der Waals surface area contributed by atoms with Crippen molar-refractivity contribution in [2.75, 3.05) is 19.5 Å².